The summed E-state index contributed by atoms with van der Waals surface area (Å²) in [5.41, 5.74) is 0.708. The van der Waals surface area contributed by atoms with E-state index in [1.54, 1.807) is 0 Å². The second-order valence-electron chi connectivity index (χ2n) is 6.78. The van der Waals surface area contributed by atoms with Crippen LogP contribution in [0.1, 0.15) is 44.6 Å². The number of rotatable bonds is 4. The second kappa shape index (κ2) is 7.02. The van der Waals surface area contributed by atoms with Crippen molar-refractivity contribution in [2.75, 3.05) is 19.7 Å². The summed E-state index contributed by atoms with van der Waals surface area (Å²) in [4.78, 5) is 15.2. The lowest BCUT2D eigenvalue weighted by atomic mass is 9.68. The van der Waals surface area contributed by atoms with Crippen molar-refractivity contribution in [3.63, 3.8) is 0 Å². The Balaban J connectivity index is 1.85. The number of benzene rings is 1. The summed E-state index contributed by atoms with van der Waals surface area (Å²) in [6, 6.07) is 10.2. The van der Waals surface area contributed by atoms with Crippen LogP contribution >= 0.6 is 0 Å². The Morgan fingerprint density at radius 3 is 2.57 bits per heavy atom. The van der Waals surface area contributed by atoms with Crippen molar-refractivity contribution in [1.29, 1.82) is 0 Å². The standard InChI is InChI=1S/C19H27NO3/c1-2-23-17-14-20(13-16(17)21)18(22)19(11-7-4-8-12-19)15-9-5-3-6-10-15/h3,5-6,9-10,16-17,21H,2,4,7-8,11-14H2,1H3/t16-,17-/m1/s1. The number of aliphatic hydroxyl groups excluding tert-OH is 1. The molecule has 0 aromatic heterocycles. The Morgan fingerprint density at radius 2 is 1.91 bits per heavy atom. The van der Waals surface area contributed by atoms with Gasteiger partial charge in [0, 0.05) is 19.7 Å². The van der Waals surface area contributed by atoms with Gasteiger partial charge in [-0.3, -0.25) is 4.79 Å². The Bertz CT molecular complexity index is 525. The molecular weight excluding hydrogens is 290 g/mol. The molecule has 2 atom stereocenters. The number of hydrogen-bond donors (Lipinski definition) is 1. The maximum atomic E-state index is 13.4. The number of carbonyl (C=O) groups is 1. The van der Waals surface area contributed by atoms with Gasteiger partial charge in [-0.1, -0.05) is 49.6 Å². The van der Waals surface area contributed by atoms with Crippen LogP contribution in [0.15, 0.2) is 30.3 Å². The van der Waals surface area contributed by atoms with Crippen molar-refractivity contribution in [3.8, 4) is 0 Å². The quantitative estimate of drug-likeness (QED) is 0.928. The van der Waals surface area contributed by atoms with Gasteiger partial charge in [-0.05, 0) is 25.3 Å². The van der Waals surface area contributed by atoms with Crippen molar-refractivity contribution >= 4 is 5.91 Å². The molecule has 126 valence electrons. The predicted octanol–water partition coefficient (Wildman–Crippen LogP) is 2.50. The zero-order valence-electron chi connectivity index (χ0n) is 13.9. The van der Waals surface area contributed by atoms with E-state index in [2.05, 4.69) is 12.1 Å². The van der Waals surface area contributed by atoms with Crippen molar-refractivity contribution < 1.29 is 14.6 Å². The van der Waals surface area contributed by atoms with E-state index in [-0.39, 0.29) is 12.0 Å². The summed E-state index contributed by atoms with van der Waals surface area (Å²) >= 11 is 0. The second-order valence-corrected chi connectivity index (χ2v) is 6.78. The first-order chi connectivity index (χ1) is 11.2. The Kier molecular flexibility index (Phi) is 5.02. The van der Waals surface area contributed by atoms with E-state index in [1.165, 1.54) is 6.42 Å². The van der Waals surface area contributed by atoms with Crippen molar-refractivity contribution in [2.24, 2.45) is 0 Å². The summed E-state index contributed by atoms with van der Waals surface area (Å²) in [5, 5.41) is 10.2. The highest BCUT2D eigenvalue weighted by Gasteiger charge is 2.46. The van der Waals surface area contributed by atoms with E-state index >= 15 is 0 Å². The molecule has 1 N–H and O–H groups in total. The van der Waals surface area contributed by atoms with Gasteiger partial charge in [0.05, 0.1) is 11.5 Å². The minimum Gasteiger partial charge on any atom is -0.388 e. The smallest absolute Gasteiger partial charge is 0.233 e. The molecule has 1 amide bonds. The van der Waals surface area contributed by atoms with Crippen LogP contribution in [0.5, 0.6) is 0 Å². The lowest BCUT2D eigenvalue weighted by Gasteiger charge is -2.39. The normalized spacial score (nSPS) is 27.1. The molecule has 2 fully saturated rings. The number of nitrogens with zero attached hydrogens (tertiary/aromatic N) is 1. The molecule has 0 unspecified atom stereocenters. The molecule has 1 aliphatic carbocycles. The van der Waals surface area contributed by atoms with Gasteiger partial charge in [0.1, 0.15) is 6.10 Å². The molecule has 2 aliphatic rings. The average Bonchev–Trinajstić information content (AvgIpc) is 2.97. The van der Waals surface area contributed by atoms with Gasteiger partial charge < -0.3 is 14.7 Å². The van der Waals surface area contributed by atoms with Gasteiger partial charge in [-0.25, -0.2) is 0 Å². The predicted molar refractivity (Wildman–Crippen MR) is 89.2 cm³/mol. The molecule has 0 radical (unpaired) electrons. The fraction of sp³-hybridized carbons (Fsp3) is 0.632. The number of aliphatic hydroxyl groups is 1. The first-order valence-electron chi connectivity index (χ1n) is 8.82. The third-order valence-corrected chi connectivity index (χ3v) is 5.35. The highest BCUT2D eigenvalue weighted by atomic mass is 16.5. The van der Waals surface area contributed by atoms with E-state index in [9.17, 15) is 9.90 Å². The minimum absolute atomic E-state index is 0.171. The van der Waals surface area contributed by atoms with E-state index in [4.69, 9.17) is 4.74 Å². The molecule has 1 saturated heterocycles. The number of β-amino-alcohol motifs (C(OH)–C–C–N with tert-alkyl or cyclic N) is 1. The number of ether oxygens (including phenoxy) is 1. The van der Waals surface area contributed by atoms with Crippen LogP contribution in [-0.4, -0.2) is 47.8 Å². The lowest BCUT2D eigenvalue weighted by molar-refractivity contribution is -0.138. The average molecular weight is 317 g/mol. The molecule has 0 bridgehead atoms. The molecule has 4 heteroatoms. The van der Waals surface area contributed by atoms with Crippen molar-refractivity contribution in [3.05, 3.63) is 35.9 Å². The number of likely N-dealkylation sites (tertiary alicyclic amines) is 1. The SMILES string of the molecule is CCO[C@@H]1CN(C(=O)C2(c3ccccc3)CCCCC2)C[C@H]1O. The van der Waals surface area contributed by atoms with Crippen LogP contribution in [0, 0.1) is 0 Å². The van der Waals surface area contributed by atoms with Gasteiger partial charge in [0.25, 0.3) is 0 Å². The summed E-state index contributed by atoms with van der Waals surface area (Å²) in [7, 11) is 0. The minimum atomic E-state index is -0.574. The number of carbonyl (C=O) groups excluding carboxylic acids is 1. The van der Waals surface area contributed by atoms with Crippen LogP contribution in [0.25, 0.3) is 0 Å². The monoisotopic (exact) mass is 317 g/mol. The Hall–Kier alpha value is -1.39. The zero-order chi connectivity index (χ0) is 16.3. The number of hydrogen-bond acceptors (Lipinski definition) is 3. The summed E-state index contributed by atoms with van der Waals surface area (Å²) in [6.45, 7) is 3.37. The van der Waals surface area contributed by atoms with Crippen LogP contribution in [-0.2, 0) is 14.9 Å². The number of amides is 1. The molecule has 1 aromatic carbocycles. The van der Waals surface area contributed by atoms with Crippen molar-refractivity contribution in [2.45, 2.75) is 56.7 Å². The summed E-state index contributed by atoms with van der Waals surface area (Å²) in [6.07, 6.45) is 4.36. The van der Waals surface area contributed by atoms with Gasteiger partial charge in [-0.15, -0.1) is 0 Å². The summed E-state index contributed by atoms with van der Waals surface area (Å²) in [5.74, 6) is 0.171. The topological polar surface area (TPSA) is 49.8 Å². The van der Waals surface area contributed by atoms with Crippen LogP contribution in [0.3, 0.4) is 0 Å². The zero-order valence-corrected chi connectivity index (χ0v) is 13.9. The Labute approximate surface area is 138 Å². The van der Waals surface area contributed by atoms with E-state index in [0.29, 0.717) is 19.7 Å². The fourth-order valence-electron chi connectivity index (χ4n) is 4.14. The molecule has 1 aromatic rings. The highest BCUT2D eigenvalue weighted by Crippen LogP contribution is 2.41. The molecule has 3 rings (SSSR count). The first-order valence-corrected chi connectivity index (χ1v) is 8.82. The van der Waals surface area contributed by atoms with Gasteiger partial charge >= 0.3 is 0 Å². The molecule has 0 spiro atoms. The highest BCUT2D eigenvalue weighted by molar-refractivity contribution is 5.88. The van der Waals surface area contributed by atoms with Crippen LogP contribution in [0.2, 0.25) is 0 Å². The third-order valence-electron chi connectivity index (χ3n) is 5.35. The molecule has 1 heterocycles. The van der Waals surface area contributed by atoms with Gasteiger partial charge in [0.2, 0.25) is 5.91 Å². The van der Waals surface area contributed by atoms with E-state index in [0.717, 1.165) is 31.2 Å². The largest absolute Gasteiger partial charge is 0.388 e. The first kappa shape index (κ1) is 16.5. The van der Waals surface area contributed by atoms with Gasteiger partial charge in [0.15, 0.2) is 0 Å². The molecule has 1 saturated carbocycles. The Morgan fingerprint density at radius 1 is 1.22 bits per heavy atom. The molecule has 1 aliphatic heterocycles. The van der Waals surface area contributed by atoms with Crippen molar-refractivity contribution in [1.82, 2.24) is 4.90 Å². The van der Waals surface area contributed by atoms with E-state index < -0.39 is 11.5 Å². The van der Waals surface area contributed by atoms with Crippen LogP contribution < -0.4 is 0 Å². The van der Waals surface area contributed by atoms with E-state index in [1.807, 2.05) is 30.0 Å². The maximum Gasteiger partial charge on any atom is 0.233 e. The van der Waals surface area contributed by atoms with Gasteiger partial charge in [-0.2, -0.15) is 0 Å². The maximum absolute atomic E-state index is 13.4. The third kappa shape index (κ3) is 3.15. The van der Waals surface area contributed by atoms with Crippen LogP contribution in [0.4, 0.5) is 0 Å². The fourth-order valence-corrected chi connectivity index (χ4v) is 4.14. The molecular formula is C19H27NO3. The molecule has 23 heavy (non-hydrogen) atoms. The summed E-state index contributed by atoms with van der Waals surface area (Å²) < 4.78 is 5.58. The lowest BCUT2D eigenvalue weighted by Crippen LogP contribution is -2.47. The molecule has 4 nitrogen and oxygen atoms in total.